The molecule has 1 amide bonds. The van der Waals surface area contributed by atoms with Crippen LogP contribution in [0.5, 0.6) is 0 Å². The highest BCUT2D eigenvalue weighted by Gasteiger charge is 2.28. The van der Waals surface area contributed by atoms with E-state index in [0.29, 0.717) is 24.3 Å². The summed E-state index contributed by atoms with van der Waals surface area (Å²) in [7, 11) is 1.76. The predicted octanol–water partition coefficient (Wildman–Crippen LogP) is 2.49. The van der Waals surface area contributed by atoms with Gasteiger partial charge in [0.15, 0.2) is 5.78 Å². The molecule has 1 aromatic heterocycles. The van der Waals surface area contributed by atoms with E-state index in [0.717, 1.165) is 19.4 Å². The van der Waals surface area contributed by atoms with E-state index in [1.807, 2.05) is 6.07 Å². The Morgan fingerprint density at radius 2 is 2.15 bits per heavy atom. The van der Waals surface area contributed by atoms with Gasteiger partial charge in [-0.25, -0.2) is 4.39 Å². The Morgan fingerprint density at radius 3 is 2.85 bits per heavy atom. The number of hydrogen-bond acceptors (Lipinski definition) is 4. The van der Waals surface area contributed by atoms with E-state index in [2.05, 4.69) is 15.1 Å². The third-order valence-corrected chi connectivity index (χ3v) is 4.87. The normalized spacial score (nSPS) is 17.9. The summed E-state index contributed by atoms with van der Waals surface area (Å²) in [5.74, 6) is -0.576. The Hall–Kier alpha value is -2.54. The van der Waals surface area contributed by atoms with Crippen LogP contribution in [0, 0.1) is 5.82 Å². The molecule has 1 atom stereocenters. The van der Waals surface area contributed by atoms with Crippen molar-refractivity contribution in [1.82, 2.24) is 20.0 Å². The molecule has 0 saturated carbocycles. The summed E-state index contributed by atoms with van der Waals surface area (Å²) in [5.41, 5.74) is 1.23. The number of ketones is 1. The molecule has 1 fully saturated rings. The van der Waals surface area contributed by atoms with Crippen LogP contribution in [0.25, 0.3) is 0 Å². The molecule has 1 aliphatic rings. The lowest BCUT2D eigenvalue weighted by Crippen LogP contribution is -2.48. The largest absolute Gasteiger partial charge is 0.336 e. The number of aromatic amines is 1. The maximum Gasteiger partial charge on any atom is 0.271 e. The molecule has 138 valence electrons. The Morgan fingerprint density at radius 1 is 1.38 bits per heavy atom. The van der Waals surface area contributed by atoms with Gasteiger partial charge in [-0.3, -0.25) is 19.6 Å². The van der Waals surface area contributed by atoms with Gasteiger partial charge >= 0.3 is 0 Å². The van der Waals surface area contributed by atoms with E-state index in [-0.39, 0.29) is 29.2 Å². The minimum atomic E-state index is -0.201. The van der Waals surface area contributed by atoms with Gasteiger partial charge in [0.05, 0.1) is 0 Å². The number of likely N-dealkylation sites (tertiary alicyclic amines) is 1. The molecule has 1 aromatic carbocycles. The first-order chi connectivity index (χ1) is 12.5. The van der Waals surface area contributed by atoms with Crippen LogP contribution in [-0.2, 0) is 6.54 Å². The van der Waals surface area contributed by atoms with Crippen LogP contribution in [0.2, 0.25) is 0 Å². The summed E-state index contributed by atoms with van der Waals surface area (Å²) < 4.78 is 13.9. The fourth-order valence-corrected chi connectivity index (χ4v) is 3.33. The average Bonchev–Trinajstić information content (AvgIpc) is 3.13. The molecule has 6 nitrogen and oxygen atoms in total. The maximum absolute atomic E-state index is 13.9. The number of carbonyl (C=O) groups excluding carboxylic acids is 2. The fourth-order valence-electron chi connectivity index (χ4n) is 3.33. The van der Waals surface area contributed by atoms with Crippen molar-refractivity contribution in [2.75, 3.05) is 20.1 Å². The van der Waals surface area contributed by atoms with Gasteiger partial charge < -0.3 is 4.90 Å². The molecule has 1 aliphatic heterocycles. The lowest BCUT2D eigenvalue weighted by atomic mass is 10.0. The van der Waals surface area contributed by atoms with E-state index in [1.165, 1.54) is 19.1 Å². The zero-order valence-corrected chi connectivity index (χ0v) is 15.0. The predicted molar refractivity (Wildman–Crippen MR) is 95.4 cm³/mol. The van der Waals surface area contributed by atoms with Crippen molar-refractivity contribution < 1.29 is 14.0 Å². The van der Waals surface area contributed by atoms with E-state index in [1.54, 1.807) is 24.1 Å². The lowest BCUT2D eigenvalue weighted by molar-refractivity contribution is 0.0602. The molecule has 2 aromatic rings. The van der Waals surface area contributed by atoms with Crippen molar-refractivity contribution in [3.63, 3.8) is 0 Å². The van der Waals surface area contributed by atoms with Crippen molar-refractivity contribution >= 4 is 11.7 Å². The number of amides is 1. The average molecular weight is 358 g/mol. The highest BCUT2D eigenvalue weighted by Crippen LogP contribution is 2.19. The van der Waals surface area contributed by atoms with Crippen molar-refractivity contribution in [1.29, 1.82) is 0 Å². The Kier molecular flexibility index (Phi) is 5.46. The monoisotopic (exact) mass is 358 g/mol. The molecule has 1 saturated heterocycles. The molecule has 0 spiro atoms. The highest BCUT2D eigenvalue weighted by molar-refractivity contribution is 5.97. The summed E-state index contributed by atoms with van der Waals surface area (Å²) in [6.45, 7) is 3.51. The quantitative estimate of drug-likeness (QED) is 0.834. The number of nitrogens with zero attached hydrogens (tertiary/aromatic N) is 3. The standard InChI is InChI=1S/C19H23FN4O2/c1-13(25)17-10-18(22-21-17)19(26)23(2)15-7-5-9-24(12-15)11-14-6-3-4-8-16(14)20/h3-4,6,8,10,15H,5,7,9,11-12H2,1-2H3,(H,21,22)/t15-/m0/s1. The Labute approximate surface area is 152 Å². The van der Waals surface area contributed by atoms with Crippen molar-refractivity contribution in [3.05, 3.63) is 53.1 Å². The molecule has 0 radical (unpaired) electrons. The number of rotatable bonds is 5. The minimum Gasteiger partial charge on any atom is -0.336 e. The number of likely N-dealkylation sites (N-methyl/N-ethyl adjacent to an activating group) is 1. The fraction of sp³-hybridized carbons (Fsp3) is 0.421. The number of halogens is 1. The van der Waals surface area contributed by atoms with E-state index >= 15 is 0 Å². The second-order valence-corrected chi connectivity index (χ2v) is 6.76. The first-order valence-corrected chi connectivity index (χ1v) is 8.75. The van der Waals surface area contributed by atoms with Crippen LogP contribution >= 0.6 is 0 Å². The second kappa shape index (κ2) is 7.78. The van der Waals surface area contributed by atoms with Gasteiger partial charge in [-0.05, 0) is 31.5 Å². The molecule has 7 heteroatoms. The molecule has 26 heavy (non-hydrogen) atoms. The lowest BCUT2D eigenvalue weighted by Gasteiger charge is -2.37. The van der Waals surface area contributed by atoms with Crippen LogP contribution in [-0.4, -0.2) is 57.9 Å². The summed E-state index contributed by atoms with van der Waals surface area (Å²) in [6.07, 6.45) is 1.84. The van der Waals surface area contributed by atoms with Crippen molar-refractivity contribution in [2.24, 2.45) is 0 Å². The Balaban J connectivity index is 1.65. The molecule has 0 aliphatic carbocycles. The number of carbonyl (C=O) groups is 2. The smallest absolute Gasteiger partial charge is 0.271 e. The molecule has 3 rings (SSSR count). The third-order valence-electron chi connectivity index (χ3n) is 4.87. The molecule has 0 bridgehead atoms. The number of benzene rings is 1. The summed E-state index contributed by atoms with van der Waals surface area (Å²) >= 11 is 0. The first-order valence-electron chi connectivity index (χ1n) is 8.75. The van der Waals surface area contributed by atoms with Gasteiger partial charge in [0.1, 0.15) is 17.2 Å². The van der Waals surface area contributed by atoms with Gasteiger partial charge in [-0.15, -0.1) is 0 Å². The molecule has 1 N–H and O–H groups in total. The SMILES string of the molecule is CC(=O)c1cc(C(=O)N(C)[C@H]2CCCN(Cc3ccccc3F)C2)[nH]n1. The van der Waals surface area contributed by atoms with Gasteiger partial charge in [-0.2, -0.15) is 5.10 Å². The van der Waals surface area contributed by atoms with Gasteiger partial charge in [0.25, 0.3) is 5.91 Å². The van der Waals surface area contributed by atoms with E-state index in [9.17, 15) is 14.0 Å². The first kappa shape index (κ1) is 18.3. The zero-order valence-electron chi connectivity index (χ0n) is 15.0. The van der Waals surface area contributed by atoms with Crippen molar-refractivity contribution in [2.45, 2.75) is 32.4 Å². The maximum atomic E-state index is 13.9. The van der Waals surface area contributed by atoms with Crippen LogP contribution in [0.4, 0.5) is 4.39 Å². The number of hydrogen-bond donors (Lipinski definition) is 1. The summed E-state index contributed by atoms with van der Waals surface area (Å²) in [4.78, 5) is 27.9. The van der Waals surface area contributed by atoms with E-state index < -0.39 is 0 Å². The summed E-state index contributed by atoms with van der Waals surface area (Å²) in [6, 6.07) is 8.30. The number of H-pyrrole nitrogens is 1. The van der Waals surface area contributed by atoms with Crippen LogP contribution in [0.3, 0.4) is 0 Å². The van der Waals surface area contributed by atoms with Crippen LogP contribution in [0.15, 0.2) is 30.3 Å². The van der Waals surface area contributed by atoms with E-state index in [4.69, 9.17) is 0 Å². The van der Waals surface area contributed by atoms with Crippen LogP contribution < -0.4 is 0 Å². The number of nitrogens with one attached hydrogen (secondary N) is 1. The molecule has 0 unspecified atom stereocenters. The van der Waals surface area contributed by atoms with Gasteiger partial charge in [0, 0.05) is 38.7 Å². The second-order valence-electron chi connectivity index (χ2n) is 6.76. The summed E-state index contributed by atoms with van der Waals surface area (Å²) in [5, 5.41) is 6.51. The zero-order chi connectivity index (χ0) is 18.7. The van der Waals surface area contributed by atoms with Gasteiger partial charge in [-0.1, -0.05) is 18.2 Å². The third kappa shape index (κ3) is 3.99. The van der Waals surface area contributed by atoms with Gasteiger partial charge in [0.2, 0.25) is 0 Å². The van der Waals surface area contributed by atoms with Crippen LogP contribution in [0.1, 0.15) is 46.3 Å². The number of Topliss-reactive ketones (excluding diaryl/α,β-unsaturated/α-hetero) is 1. The Bertz CT molecular complexity index is 804. The number of aromatic nitrogens is 2. The highest BCUT2D eigenvalue weighted by atomic mass is 19.1. The molecule has 2 heterocycles. The minimum absolute atomic E-state index is 0.0344. The topological polar surface area (TPSA) is 69.3 Å². The van der Waals surface area contributed by atoms with Crippen molar-refractivity contribution in [3.8, 4) is 0 Å². The molecular formula is C19H23FN4O2. The number of piperidine rings is 1. The molecular weight excluding hydrogens is 335 g/mol.